The second kappa shape index (κ2) is 10.4. The van der Waals surface area contributed by atoms with Crippen molar-refractivity contribution in [3.8, 4) is 5.75 Å². The van der Waals surface area contributed by atoms with Gasteiger partial charge in [-0.3, -0.25) is 9.69 Å². The minimum atomic E-state index is -0.376. The van der Waals surface area contributed by atoms with E-state index in [4.69, 9.17) is 9.47 Å². The molecular formula is C19H29FN2O3. The molecule has 1 saturated heterocycles. The minimum absolute atomic E-state index is 0.0147. The van der Waals surface area contributed by atoms with Crippen molar-refractivity contribution in [3.05, 3.63) is 30.1 Å². The Morgan fingerprint density at radius 1 is 1.28 bits per heavy atom. The Hall–Kier alpha value is -1.66. The molecule has 5 nitrogen and oxygen atoms in total. The summed E-state index contributed by atoms with van der Waals surface area (Å²) in [6.07, 6.45) is 2.43. The predicted molar refractivity (Wildman–Crippen MR) is 95.2 cm³/mol. The van der Waals surface area contributed by atoms with Crippen LogP contribution in [0.2, 0.25) is 0 Å². The standard InChI is InChI=1S/C19H29FN2O3/c1-15-13-22(14-16(2)25-15)11-6-10-21-19(23)9-5-12-24-18-8-4-3-7-17(18)20/h3-4,7-8,15-16H,5-6,9-14H2,1-2H3,(H,21,23). The van der Waals surface area contributed by atoms with E-state index in [1.807, 2.05) is 0 Å². The lowest BCUT2D eigenvalue weighted by atomic mass is 10.2. The largest absolute Gasteiger partial charge is 0.491 e. The number of morpholine rings is 1. The summed E-state index contributed by atoms with van der Waals surface area (Å²) >= 11 is 0. The number of halogens is 1. The van der Waals surface area contributed by atoms with E-state index in [0.29, 0.717) is 26.0 Å². The Morgan fingerprint density at radius 2 is 2.00 bits per heavy atom. The molecule has 6 heteroatoms. The number of hydrogen-bond acceptors (Lipinski definition) is 4. The number of benzene rings is 1. The van der Waals surface area contributed by atoms with Gasteiger partial charge in [0.1, 0.15) is 0 Å². The fourth-order valence-electron chi connectivity index (χ4n) is 3.06. The third-order valence-electron chi connectivity index (χ3n) is 4.11. The van der Waals surface area contributed by atoms with Crippen molar-refractivity contribution in [1.29, 1.82) is 0 Å². The lowest BCUT2D eigenvalue weighted by Crippen LogP contribution is -2.46. The molecule has 1 aromatic rings. The Kier molecular flexibility index (Phi) is 8.15. The highest BCUT2D eigenvalue weighted by molar-refractivity contribution is 5.75. The fraction of sp³-hybridized carbons (Fsp3) is 0.632. The van der Waals surface area contributed by atoms with Crippen LogP contribution in [-0.2, 0) is 9.53 Å². The summed E-state index contributed by atoms with van der Waals surface area (Å²) in [5.41, 5.74) is 0. The van der Waals surface area contributed by atoms with Gasteiger partial charge in [-0.15, -0.1) is 0 Å². The molecule has 1 amide bonds. The molecule has 25 heavy (non-hydrogen) atoms. The van der Waals surface area contributed by atoms with Gasteiger partial charge in [-0.1, -0.05) is 12.1 Å². The second-order valence-corrected chi connectivity index (χ2v) is 6.60. The number of rotatable bonds is 9. The van der Waals surface area contributed by atoms with Gasteiger partial charge in [-0.2, -0.15) is 0 Å². The van der Waals surface area contributed by atoms with E-state index in [9.17, 15) is 9.18 Å². The van der Waals surface area contributed by atoms with Crippen LogP contribution in [0.1, 0.15) is 33.1 Å². The smallest absolute Gasteiger partial charge is 0.220 e. The molecule has 1 aliphatic heterocycles. The molecular weight excluding hydrogens is 323 g/mol. The summed E-state index contributed by atoms with van der Waals surface area (Å²) < 4.78 is 24.4. The van der Waals surface area contributed by atoms with Gasteiger partial charge in [0.2, 0.25) is 5.91 Å². The van der Waals surface area contributed by atoms with E-state index in [1.165, 1.54) is 6.07 Å². The molecule has 0 bridgehead atoms. The van der Waals surface area contributed by atoms with Crippen LogP contribution in [0, 0.1) is 5.82 Å². The maximum absolute atomic E-state index is 13.4. The average molecular weight is 352 g/mol. The number of carbonyl (C=O) groups excluding carboxylic acids is 1. The summed E-state index contributed by atoms with van der Waals surface area (Å²) in [5.74, 6) is -0.128. The third-order valence-corrected chi connectivity index (χ3v) is 4.11. The van der Waals surface area contributed by atoms with Gasteiger partial charge in [-0.25, -0.2) is 4.39 Å². The van der Waals surface area contributed by atoms with Gasteiger partial charge in [0.25, 0.3) is 0 Å². The molecule has 2 rings (SSSR count). The molecule has 2 atom stereocenters. The molecule has 140 valence electrons. The normalized spacial score (nSPS) is 21.1. The van der Waals surface area contributed by atoms with E-state index < -0.39 is 0 Å². The summed E-state index contributed by atoms with van der Waals surface area (Å²) in [6.45, 7) is 8.05. The molecule has 0 aliphatic carbocycles. The van der Waals surface area contributed by atoms with Crippen molar-refractivity contribution in [3.63, 3.8) is 0 Å². The van der Waals surface area contributed by atoms with Gasteiger partial charge < -0.3 is 14.8 Å². The second-order valence-electron chi connectivity index (χ2n) is 6.60. The van der Waals surface area contributed by atoms with Crippen LogP contribution in [0.25, 0.3) is 0 Å². The molecule has 1 fully saturated rings. The first-order valence-electron chi connectivity index (χ1n) is 9.06. The summed E-state index contributed by atoms with van der Waals surface area (Å²) in [7, 11) is 0. The maximum atomic E-state index is 13.4. The van der Waals surface area contributed by atoms with Gasteiger partial charge in [0.15, 0.2) is 11.6 Å². The molecule has 1 N–H and O–H groups in total. The third kappa shape index (κ3) is 7.40. The van der Waals surface area contributed by atoms with Gasteiger partial charge >= 0.3 is 0 Å². The molecule has 2 unspecified atom stereocenters. The van der Waals surface area contributed by atoms with Gasteiger partial charge in [0, 0.05) is 32.6 Å². The Morgan fingerprint density at radius 3 is 2.72 bits per heavy atom. The van der Waals surface area contributed by atoms with Crippen LogP contribution >= 0.6 is 0 Å². The van der Waals surface area contributed by atoms with Crippen molar-refractivity contribution in [2.75, 3.05) is 32.8 Å². The summed E-state index contributed by atoms with van der Waals surface area (Å²) in [4.78, 5) is 14.2. The zero-order chi connectivity index (χ0) is 18.1. The van der Waals surface area contributed by atoms with E-state index in [1.54, 1.807) is 18.2 Å². The monoisotopic (exact) mass is 352 g/mol. The van der Waals surface area contributed by atoms with Crippen molar-refractivity contribution < 1.29 is 18.7 Å². The molecule has 1 aliphatic rings. The molecule has 0 aromatic heterocycles. The van der Waals surface area contributed by atoms with Gasteiger partial charge in [0.05, 0.1) is 18.8 Å². The number of para-hydroxylation sites is 1. The van der Waals surface area contributed by atoms with Crippen LogP contribution in [0.3, 0.4) is 0 Å². The zero-order valence-corrected chi connectivity index (χ0v) is 15.2. The van der Waals surface area contributed by atoms with Crippen molar-refractivity contribution >= 4 is 5.91 Å². The molecule has 0 radical (unpaired) electrons. The summed E-state index contributed by atoms with van der Waals surface area (Å²) in [5, 5.41) is 2.93. The Labute approximate surface area is 149 Å². The Balaban J connectivity index is 1.50. The van der Waals surface area contributed by atoms with E-state index in [-0.39, 0.29) is 29.7 Å². The highest BCUT2D eigenvalue weighted by Gasteiger charge is 2.21. The minimum Gasteiger partial charge on any atom is -0.491 e. The first kappa shape index (κ1) is 19.7. The Bertz CT molecular complexity index is 531. The lowest BCUT2D eigenvalue weighted by molar-refractivity contribution is -0.121. The number of carbonyl (C=O) groups is 1. The first-order chi connectivity index (χ1) is 12.0. The zero-order valence-electron chi connectivity index (χ0n) is 15.2. The van der Waals surface area contributed by atoms with Crippen molar-refractivity contribution in [2.24, 2.45) is 0 Å². The highest BCUT2D eigenvalue weighted by Crippen LogP contribution is 2.15. The van der Waals surface area contributed by atoms with E-state index in [2.05, 4.69) is 24.1 Å². The van der Waals surface area contributed by atoms with Crippen LogP contribution in [0.5, 0.6) is 5.75 Å². The van der Waals surface area contributed by atoms with Crippen LogP contribution in [0.4, 0.5) is 4.39 Å². The molecule has 1 heterocycles. The van der Waals surface area contributed by atoms with E-state index in [0.717, 1.165) is 26.1 Å². The molecule has 1 aromatic carbocycles. The van der Waals surface area contributed by atoms with Crippen molar-refractivity contribution in [2.45, 2.75) is 45.3 Å². The van der Waals surface area contributed by atoms with Crippen LogP contribution < -0.4 is 10.1 Å². The highest BCUT2D eigenvalue weighted by atomic mass is 19.1. The number of ether oxygens (including phenoxy) is 2. The fourth-order valence-corrected chi connectivity index (χ4v) is 3.06. The number of nitrogens with zero attached hydrogens (tertiary/aromatic N) is 1. The topological polar surface area (TPSA) is 50.8 Å². The SMILES string of the molecule is CC1CN(CCCNC(=O)CCCOc2ccccc2F)CC(C)O1. The average Bonchev–Trinajstić information content (AvgIpc) is 2.56. The lowest BCUT2D eigenvalue weighted by Gasteiger charge is -2.35. The summed E-state index contributed by atoms with van der Waals surface area (Å²) in [6, 6.07) is 6.29. The van der Waals surface area contributed by atoms with Crippen LogP contribution in [0.15, 0.2) is 24.3 Å². The number of hydrogen-bond donors (Lipinski definition) is 1. The van der Waals surface area contributed by atoms with Crippen molar-refractivity contribution in [1.82, 2.24) is 10.2 Å². The van der Waals surface area contributed by atoms with Crippen LogP contribution in [-0.4, -0.2) is 55.8 Å². The number of amides is 1. The predicted octanol–water partition coefficient (Wildman–Crippen LogP) is 2.60. The van der Waals surface area contributed by atoms with E-state index >= 15 is 0 Å². The molecule has 0 saturated carbocycles. The quantitative estimate of drug-likeness (QED) is 0.694. The first-order valence-corrected chi connectivity index (χ1v) is 9.06. The van der Waals surface area contributed by atoms with Gasteiger partial charge in [-0.05, 0) is 38.8 Å². The number of nitrogens with one attached hydrogen (secondary N) is 1. The maximum Gasteiger partial charge on any atom is 0.220 e. The molecule has 0 spiro atoms.